The summed E-state index contributed by atoms with van der Waals surface area (Å²) in [6.45, 7) is 0.0374. The normalized spacial score (nSPS) is 14.8. The zero-order valence-corrected chi connectivity index (χ0v) is 14.2. The van der Waals surface area contributed by atoms with Crippen molar-refractivity contribution in [1.82, 2.24) is 0 Å². The van der Waals surface area contributed by atoms with Crippen molar-refractivity contribution in [2.24, 2.45) is 0 Å². The summed E-state index contributed by atoms with van der Waals surface area (Å²) in [4.78, 5) is 25.5. The zero-order valence-electron chi connectivity index (χ0n) is 11.9. The average molecular weight is 391 g/mol. The average Bonchev–Trinajstić information content (AvgIpc) is 2.54. The van der Waals surface area contributed by atoms with Gasteiger partial charge in [-0.3, -0.25) is 0 Å². The van der Waals surface area contributed by atoms with Crippen molar-refractivity contribution in [2.45, 2.75) is 0 Å². The molecule has 0 fully saturated rings. The SMILES string of the molecule is COC(=O)C1=C(C(=O)OC)N(c2cc(Cl)ccc2Br)COC1. The van der Waals surface area contributed by atoms with E-state index in [1.165, 1.54) is 19.1 Å². The quantitative estimate of drug-likeness (QED) is 0.739. The van der Waals surface area contributed by atoms with E-state index in [9.17, 15) is 9.59 Å². The Morgan fingerprint density at radius 2 is 1.95 bits per heavy atom. The highest BCUT2D eigenvalue weighted by Crippen LogP contribution is 2.34. The molecule has 0 amide bonds. The van der Waals surface area contributed by atoms with Crippen LogP contribution < -0.4 is 4.90 Å². The maximum Gasteiger partial charge on any atom is 0.355 e. The molecule has 0 aliphatic carbocycles. The maximum absolute atomic E-state index is 12.1. The van der Waals surface area contributed by atoms with Crippen molar-refractivity contribution in [3.05, 3.63) is 39.0 Å². The molecule has 1 aliphatic heterocycles. The predicted octanol–water partition coefficient (Wildman–Crippen LogP) is 2.50. The van der Waals surface area contributed by atoms with Crippen LogP contribution in [0.15, 0.2) is 33.9 Å². The lowest BCUT2D eigenvalue weighted by Gasteiger charge is -2.32. The van der Waals surface area contributed by atoms with Crippen molar-refractivity contribution in [1.29, 1.82) is 0 Å². The summed E-state index contributed by atoms with van der Waals surface area (Å²) >= 11 is 9.40. The Hall–Kier alpha value is -1.57. The lowest BCUT2D eigenvalue weighted by molar-refractivity contribution is -0.140. The minimum Gasteiger partial charge on any atom is -0.466 e. The number of benzene rings is 1. The van der Waals surface area contributed by atoms with E-state index in [1.54, 1.807) is 18.2 Å². The van der Waals surface area contributed by atoms with Gasteiger partial charge in [0.1, 0.15) is 12.4 Å². The van der Waals surface area contributed by atoms with Gasteiger partial charge in [-0.15, -0.1) is 0 Å². The molecule has 0 N–H and O–H groups in total. The molecule has 2 rings (SSSR count). The molecule has 0 unspecified atom stereocenters. The second-order valence-electron chi connectivity index (χ2n) is 4.31. The monoisotopic (exact) mass is 389 g/mol. The fourth-order valence-corrected chi connectivity index (χ4v) is 2.65. The van der Waals surface area contributed by atoms with Crippen LogP contribution in [0.25, 0.3) is 0 Å². The predicted molar refractivity (Wildman–Crippen MR) is 83.5 cm³/mol. The molecule has 0 atom stereocenters. The highest BCUT2D eigenvalue weighted by atomic mass is 79.9. The van der Waals surface area contributed by atoms with E-state index in [0.717, 1.165) is 0 Å². The summed E-state index contributed by atoms with van der Waals surface area (Å²) in [5.74, 6) is -1.31. The van der Waals surface area contributed by atoms with Crippen LogP contribution in [0.1, 0.15) is 0 Å². The molecule has 1 aliphatic rings. The Morgan fingerprint density at radius 3 is 2.59 bits per heavy atom. The van der Waals surface area contributed by atoms with Gasteiger partial charge in [-0.25, -0.2) is 9.59 Å². The number of nitrogens with zero attached hydrogens (tertiary/aromatic N) is 1. The molecule has 1 heterocycles. The molecule has 118 valence electrons. The molecule has 1 aromatic rings. The van der Waals surface area contributed by atoms with Crippen molar-refractivity contribution < 1.29 is 23.8 Å². The molecule has 8 heteroatoms. The van der Waals surface area contributed by atoms with Gasteiger partial charge in [0.25, 0.3) is 0 Å². The molecule has 0 aromatic heterocycles. The number of anilines is 1. The Morgan fingerprint density at radius 1 is 1.27 bits per heavy atom. The summed E-state index contributed by atoms with van der Waals surface area (Å²) in [6.07, 6.45) is 0. The van der Waals surface area contributed by atoms with Crippen LogP contribution in [-0.4, -0.2) is 39.5 Å². The first-order chi connectivity index (χ1) is 10.5. The molecule has 22 heavy (non-hydrogen) atoms. The van der Waals surface area contributed by atoms with E-state index in [0.29, 0.717) is 15.2 Å². The summed E-state index contributed by atoms with van der Waals surface area (Å²) in [5, 5.41) is 0.479. The van der Waals surface area contributed by atoms with E-state index < -0.39 is 11.9 Å². The molecule has 0 saturated carbocycles. The molecule has 0 radical (unpaired) electrons. The highest BCUT2D eigenvalue weighted by Gasteiger charge is 2.33. The zero-order chi connectivity index (χ0) is 16.3. The summed E-state index contributed by atoms with van der Waals surface area (Å²) < 4.78 is 15.6. The van der Waals surface area contributed by atoms with Gasteiger partial charge in [-0.2, -0.15) is 0 Å². The first kappa shape index (κ1) is 16.8. The van der Waals surface area contributed by atoms with Gasteiger partial charge >= 0.3 is 11.9 Å². The van der Waals surface area contributed by atoms with Gasteiger partial charge in [0.05, 0.1) is 32.1 Å². The number of carbonyl (C=O) groups excluding carboxylic acids is 2. The third-order valence-electron chi connectivity index (χ3n) is 3.03. The highest BCUT2D eigenvalue weighted by molar-refractivity contribution is 9.10. The summed E-state index contributed by atoms with van der Waals surface area (Å²) in [6, 6.07) is 5.08. The Balaban J connectivity index is 2.60. The second-order valence-corrected chi connectivity index (χ2v) is 5.60. The number of rotatable bonds is 3. The van der Waals surface area contributed by atoms with Crippen molar-refractivity contribution in [3.63, 3.8) is 0 Å². The molecule has 0 spiro atoms. The number of hydrogen-bond acceptors (Lipinski definition) is 6. The third-order valence-corrected chi connectivity index (χ3v) is 3.94. The smallest absolute Gasteiger partial charge is 0.355 e. The second kappa shape index (κ2) is 7.13. The summed E-state index contributed by atoms with van der Waals surface area (Å²) in [7, 11) is 2.48. The van der Waals surface area contributed by atoms with Crippen LogP contribution in [0.2, 0.25) is 5.02 Å². The minimum absolute atomic E-state index is 0.0359. The topological polar surface area (TPSA) is 65.1 Å². The Bertz CT molecular complexity index is 646. The van der Waals surface area contributed by atoms with Gasteiger partial charge in [0.15, 0.2) is 0 Å². The van der Waals surface area contributed by atoms with Gasteiger partial charge in [-0.1, -0.05) is 11.6 Å². The van der Waals surface area contributed by atoms with Crippen molar-refractivity contribution >= 4 is 45.2 Å². The largest absolute Gasteiger partial charge is 0.466 e. The maximum atomic E-state index is 12.1. The van der Waals surface area contributed by atoms with Gasteiger partial charge < -0.3 is 19.1 Å². The lowest BCUT2D eigenvalue weighted by atomic mass is 10.1. The van der Waals surface area contributed by atoms with Crippen LogP contribution in [0.4, 0.5) is 5.69 Å². The number of methoxy groups -OCH3 is 2. The minimum atomic E-state index is -0.657. The molecule has 0 bridgehead atoms. The van der Waals surface area contributed by atoms with E-state index in [2.05, 4.69) is 15.9 Å². The summed E-state index contributed by atoms with van der Waals surface area (Å²) in [5.41, 5.74) is 0.741. The standard InChI is InChI=1S/C14H13BrClNO5/c1-20-13(18)9-6-22-7-17(12(9)14(19)21-2)11-5-8(16)3-4-10(11)15/h3-5H,6-7H2,1-2H3. The Labute approximate surface area is 140 Å². The number of halogens is 2. The number of esters is 2. The van der Waals surface area contributed by atoms with Gasteiger partial charge in [-0.05, 0) is 34.1 Å². The lowest BCUT2D eigenvalue weighted by Crippen LogP contribution is -2.39. The fraction of sp³-hybridized carbons (Fsp3) is 0.286. The van der Waals surface area contributed by atoms with Crippen molar-refractivity contribution in [3.8, 4) is 0 Å². The van der Waals surface area contributed by atoms with Crippen LogP contribution in [0, 0.1) is 0 Å². The molecule has 0 saturated heterocycles. The number of ether oxygens (including phenoxy) is 3. The van der Waals surface area contributed by atoms with Crippen molar-refractivity contribution in [2.75, 3.05) is 32.5 Å². The van der Waals surface area contributed by atoms with Crippen LogP contribution in [0.5, 0.6) is 0 Å². The molecule has 6 nitrogen and oxygen atoms in total. The van der Waals surface area contributed by atoms with Crippen LogP contribution >= 0.6 is 27.5 Å². The van der Waals surface area contributed by atoms with E-state index in [1.807, 2.05) is 0 Å². The molecular weight excluding hydrogens is 378 g/mol. The molecular formula is C14H13BrClNO5. The van der Waals surface area contributed by atoms with E-state index in [-0.39, 0.29) is 24.6 Å². The number of hydrogen-bond donors (Lipinski definition) is 0. The van der Waals surface area contributed by atoms with Gasteiger partial charge in [0.2, 0.25) is 0 Å². The van der Waals surface area contributed by atoms with E-state index in [4.69, 9.17) is 25.8 Å². The van der Waals surface area contributed by atoms with Crippen LogP contribution in [-0.2, 0) is 23.8 Å². The fourth-order valence-electron chi connectivity index (χ4n) is 2.03. The molecule has 1 aromatic carbocycles. The van der Waals surface area contributed by atoms with E-state index >= 15 is 0 Å². The third kappa shape index (κ3) is 3.26. The first-order valence-electron chi connectivity index (χ1n) is 6.19. The van der Waals surface area contributed by atoms with Crippen LogP contribution in [0.3, 0.4) is 0 Å². The number of carbonyl (C=O) groups is 2. The first-order valence-corrected chi connectivity index (χ1v) is 7.36. The Kier molecular flexibility index (Phi) is 5.44. The van der Waals surface area contributed by atoms with Gasteiger partial charge in [0, 0.05) is 9.50 Å².